The minimum atomic E-state index is -0.831. The zero-order valence-electron chi connectivity index (χ0n) is 16.4. The fourth-order valence-corrected chi connectivity index (χ4v) is 4.01. The number of aromatic nitrogens is 3. The van der Waals surface area contributed by atoms with Gasteiger partial charge in [-0.3, -0.25) is 9.20 Å². The fraction of sp³-hybridized carbons (Fsp3) is 0.190. The van der Waals surface area contributed by atoms with Gasteiger partial charge in [0.1, 0.15) is 17.4 Å². The van der Waals surface area contributed by atoms with Crippen molar-refractivity contribution in [1.29, 1.82) is 0 Å². The Kier molecular flexibility index (Phi) is 5.29. The first kappa shape index (κ1) is 20.1. The Morgan fingerprint density at radius 1 is 1.17 bits per heavy atom. The number of halogens is 2. The summed E-state index contributed by atoms with van der Waals surface area (Å²) < 4.78 is 34.1. The molecule has 9 heteroatoms. The van der Waals surface area contributed by atoms with Gasteiger partial charge in [-0.2, -0.15) is 0 Å². The normalized spacial score (nSPS) is 12.3. The number of pyridine rings is 1. The van der Waals surface area contributed by atoms with E-state index in [2.05, 4.69) is 15.5 Å². The molecular formula is C21H18F2N4O2S. The van der Waals surface area contributed by atoms with Gasteiger partial charge in [-0.05, 0) is 49.7 Å². The van der Waals surface area contributed by atoms with Crippen molar-refractivity contribution in [3.8, 4) is 5.75 Å². The largest absolute Gasteiger partial charge is 0.497 e. The number of anilines is 1. The van der Waals surface area contributed by atoms with E-state index >= 15 is 0 Å². The van der Waals surface area contributed by atoms with Crippen LogP contribution in [0.3, 0.4) is 0 Å². The van der Waals surface area contributed by atoms with Crippen molar-refractivity contribution < 1.29 is 18.3 Å². The van der Waals surface area contributed by atoms with Gasteiger partial charge >= 0.3 is 0 Å². The monoisotopic (exact) mass is 428 g/mol. The van der Waals surface area contributed by atoms with Gasteiger partial charge in [0.05, 0.1) is 23.6 Å². The van der Waals surface area contributed by atoms with E-state index in [1.54, 1.807) is 14.0 Å². The van der Waals surface area contributed by atoms with Crippen molar-refractivity contribution in [3.05, 3.63) is 59.7 Å². The van der Waals surface area contributed by atoms with Crippen LogP contribution in [0.4, 0.5) is 14.5 Å². The third-order valence-corrected chi connectivity index (χ3v) is 5.76. The second-order valence-electron chi connectivity index (χ2n) is 6.76. The first-order valence-electron chi connectivity index (χ1n) is 9.12. The maximum absolute atomic E-state index is 13.8. The second-order valence-corrected chi connectivity index (χ2v) is 8.07. The first-order valence-corrected chi connectivity index (χ1v) is 10.0. The van der Waals surface area contributed by atoms with Gasteiger partial charge in [0.2, 0.25) is 5.91 Å². The SMILES string of the molecule is COc1ccc2c(C)cc3nnc(SC(C)C(=O)Nc4ccc(F)cc4F)n3c2c1. The number of aryl methyl sites for hydroxylation is 1. The zero-order chi connectivity index (χ0) is 21.4. The summed E-state index contributed by atoms with van der Waals surface area (Å²) in [6.07, 6.45) is 0. The van der Waals surface area contributed by atoms with Crippen LogP contribution in [-0.4, -0.2) is 32.9 Å². The summed E-state index contributed by atoms with van der Waals surface area (Å²) in [7, 11) is 1.59. The molecule has 0 saturated carbocycles. The predicted molar refractivity (Wildman–Crippen MR) is 112 cm³/mol. The lowest BCUT2D eigenvalue weighted by molar-refractivity contribution is -0.115. The summed E-state index contributed by atoms with van der Waals surface area (Å²) in [5, 5.41) is 11.9. The highest BCUT2D eigenvalue weighted by atomic mass is 32.2. The van der Waals surface area contributed by atoms with E-state index in [0.29, 0.717) is 16.6 Å². The van der Waals surface area contributed by atoms with Crippen LogP contribution >= 0.6 is 11.8 Å². The predicted octanol–water partition coefficient (Wildman–Crippen LogP) is 4.60. The molecule has 0 aliphatic carbocycles. The van der Waals surface area contributed by atoms with Gasteiger partial charge in [-0.25, -0.2) is 8.78 Å². The molecule has 4 aromatic rings. The molecule has 0 radical (unpaired) electrons. The Bertz CT molecular complexity index is 1280. The van der Waals surface area contributed by atoms with Gasteiger partial charge in [-0.1, -0.05) is 11.8 Å². The number of nitrogens with zero attached hydrogens (tertiary/aromatic N) is 3. The molecule has 0 bridgehead atoms. The smallest absolute Gasteiger partial charge is 0.237 e. The lowest BCUT2D eigenvalue weighted by Crippen LogP contribution is -2.23. The van der Waals surface area contributed by atoms with Gasteiger partial charge in [0, 0.05) is 17.5 Å². The molecule has 1 N–H and O–H groups in total. The Labute approximate surface area is 175 Å². The van der Waals surface area contributed by atoms with Gasteiger partial charge in [-0.15, -0.1) is 10.2 Å². The van der Waals surface area contributed by atoms with Crippen LogP contribution in [0.1, 0.15) is 12.5 Å². The summed E-state index contributed by atoms with van der Waals surface area (Å²) in [6.45, 7) is 3.67. The van der Waals surface area contributed by atoms with Crippen molar-refractivity contribution in [2.75, 3.05) is 12.4 Å². The van der Waals surface area contributed by atoms with Crippen molar-refractivity contribution in [2.45, 2.75) is 24.3 Å². The molecule has 0 saturated heterocycles. The molecule has 0 aliphatic heterocycles. The lowest BCUT2D eigenvalue weighted by atomic mass is 10.1. The topological polar surface area (TPSA) is 68.5 Å². The second kappa shape index (κ2) is 7.91. The zero-order valence-corrected chi connectivity index (χ0v) is 17.3. The van der Waals surface area contributed by atoms with E-state index in [4.69, 9.17) is 4.74 Å². The molecule has 0 fully saturated rings. The number of rotatable bonds is 5. The average Bonchev–Trinajstić information content (AvgIpc) is 3.12. The van der Waals surface area contributed by atoms with Crippen LogP contribution in [0.2, 0.25) is 0 Å². The number of thioether (sulfide) groups is 1. The van der Waals surface area contributed by atoms with Crippen molar-refractivity contribution in [1.82, 2.24) is 14.6 Å². The number of nitrogens with one attached hydrogen (secondary N) is 1. The van der Waals surface area contributed by atoms with Gasteiger partial charge in [0.25, 0.3) is 0 Å². The van der Waals surface area contributed by atoms with E-state index in [1.165, 1.54) is 17.8 Å². The quantitative estimate of drug-likeness (QED) is 0.471. The molecule has 0 aliphatic rings. The van der Waals surface area contributed by atoms with E-state index in [-0.39, 0.29) is 5.69 Å². The van der Waals surface area contributed by atoms with Crippen LogP contribution in [0.5, 0.6) is 5.75 Å². The fourth-order valence-electron chi connectivity index (χ4n) is 3.14. The maximum atomic E-state index is 13.8. The standard InChI is InChI=1S/C21H18F2N4O2S/c1-11-8-19-25-26-21(27(19)18-10-14(29-3)5-6-15(11)18)30-12(2)20(28)24-17-7-4-13(22)9-16(17)23/h4-10,12H,1-3H3,(H,24,28). The third kappa shape index (κ3) is 3.68. The number of methoxy groups -OCH3 is 1. The Morgan fingerprint density at radius 2 is 1.97 bits per heavy atom. The first-order chi connectivity index (χ1) is 14.4. The Morgan fingerprint density at radius 3 is 2.70 bits per heavy atom. The molecule has 2 aromatic heterocycles. The van der Waals surface area contributed by atoms with E-state index < -0.39 is 22.8 Å². The Balaban J connectivity index is 1.66. The number of benzene rings is 2. The molecule has 1 atom stereocenters. The molecule has 154 valence electrons. The number of amides is 1. The number of carbonyl (C=O) groups is 1. The summed E-state index contributed by atoms with van der Waals surface area (Å²) in [6, 6.07) is 10.7. The molecule has 6 nitrogen and oxygen atoms in total. The van der Waals surface area contributed by atoms with Crippen molar-refractivity contribution >= 4 is 39.9 Å². The molecular weight excluding hydrogens is 410 g/mol. The summed E-state index contributed by atoms with van der Waals surface area (Å²) in [5.74, 6) is -1.28. The lowest BCUT2D eigenvalue weighted by Gasteiger charge is -2.13. The van der Waals surface area contributed by atoms with Gasteiger partial charge < -0.3 is 10.1 Å². The maximum Gasteiger partial charge on any atom is 0.237 e. The van der Waals surface area contributed by atoms with Crippen LogP contribution in [0, 0.1) is 18.6 Å². The molecule has 1 amide bonds. The van der Waals surface area contributed by atoms with Gasteiger partial charge in [0.15, 0.2) is 10.8 Å². The average molecular weight is 428 g/mol. The molecule has 1 unspecified atom stereocenters. The summed E-state index contributed by atoms with van der Waals surface area (Å²) in [5.41, 5.74) is 2.47. The highest BCUT2D eigenvalue weighted by molar-refractivity contribution is 8.00. The Hall–Kier alpha value is -3.20. The van der Waals surface area contributed by atoms with Crippen molar-refractivity contribution in [3.63, 3.8) is 0 Å². The number of fused-ring (bicyclic) bond motifs is 3. The molecule has 0 spiro atoms. The molecule has 4 rings (SSSR count). The minimum Gasteiger partial charge on any atom is -0.497 e. The minimum absolute atomic E-state index is 0.0780. The van der Waals surface area contributed by atoms with E-state index in [9.17, 15) is 13.6 Å². The number of hydrogen-bond donors (Lipinski definition) is 1. The van der Waals surface area contributed by atoms with Crippen molar-refractivity contribution in [2.24, 2.45) is 0 Å². The summed E-state index contributed by atoms with van der Waals surface area (Å²) in [4.78, 5) is 12.6. The molecule has 30 heavy (non-hydrogen) atoms. The van der Waals surface area contributed by atoms with E-state index in [0.717, 1.165) is 28.6 Å². The molecule has 2 heterocycles. The van der Waals surface area contributed by atoms with Crippen LogP contribution in [-0.2, 0) is 4.79 Å². The number of hydrogen-bond acceptors (Lipinski definition) is 5. The highest BCUT2D eigenvalue weighted by Crippen LogP contribution is 2.30. The van der Waals surface area contributed by atoms with E-state index in [1.807, 2.05) is 35.6 Å². The number of ether oxygens (including phenoxy) is 1. The van der Waals surface area contributed by atoms with Crippen LogP contribution in [0.15, 0.2) is 47.6 Å². The highest BCUT2D eigenvalue weighted by Gasteiger charge is 2.21. The van der Waals surface area contributed by atoms with Crippen LogP contribution < -0.4 is 10.1 Å². The number of carbonyl (C=O) groups excluding carboxylic acids is 1. The summed E-state index contributed by atoms with van der Waals surface area (Å²) >= 11 is 1.19. The molecule has 2 aromatic carbocycles. The third-order valence-electron chi connectivity index (χ3n) is 4.72. The van der Waals surface area contributed by atoms with Crippen LogP contribution in [0.25, 0.3) is 16.6 Å².